The van der Waals surface area contributed by atoms with Crippen LogP contribution in [-0.4, -0.2) is 36.1 Å². The lowest BCUT2D eigenvalue weighted by Gasteiger charge is -2.20. The van der Waals surface area contributed by atoms with Crippen LogP contribution < -0.4 is 5.32 Å². The lowest BCUT2D eigenvalue weighted by atomic mass is 10.1. The average molecular weight is 290 g/mol. The predicted molar refractivity (Wildman–Crippen MR) is 84.3 cm³/mol. The minimum Gasteiger partial charge on any atom is -0.315 e. The van der Waals surface area contributed by atoms with Crippen LogP contribution >= 0.6 is 11.6 Å². The van der Waals surface area contributed by atoms with Gasteiger partial charge in [0.25, 0.3) is 0 Å². The van der Waals surface area contributed by atoms with Crippen LogP contribution in [0.4, 0.5) is 0 Å². The second-order valence-electron chi connectivity index (χ2n) is 5.39. The molecule has 2 aromatic rings. The molecule has 106 valence electrons. The zero-order valence-electron chi connectivity index (χ0n) is 11.8. The van der Waals surface area contributed by atoms with Crippen LogP contribution in [0.25, 0.3) is 10.9 Å². The summed E-state index contributed by atoms with van der Waals surface area (Å²) in [5.41, 5.74) is 3.18. The summed E-state index contributed by atoms with van der Waals surface area (Å²) in [4.78, 5) is 7.20. The molecule has 0 bridgehead atoms. The van der Waals surface area contributed by atoms with Gasteiger partial charge in [-0.25, -0.2) is 4.98 Å². The lowest BCUT2D eigenvalue weighted by Crippen LogP contribution is -2.28. The van der Waals surface area contributed by atoms with Crippen molar-refractivity contribution in [3.05, 3.63) is 40.5 Å². The molecule has 1 aliphatic rings. The molecule has 20 heavy (non-hydrogen) atoms. The summed E-state index contributed by atoms with van der Waals surface area (Å²) in [5.74, 6) is 0. The Kier molecular flexibility index (Phi) is 4.20. The van der Waals surface area contributed by atoms with Crippen molar-refractivity contribution in [2.45, 2.75) is 19.9 Å². The summed E-state index contributed by atoms with van der Waals surface area (Å²) >= 11 is 6.53. The van der Waals surface area contributed by atoms with E-state index in [2.05, 4.69) is 29.3 Å². The van der Waals surface area contributed by atoms with Gasteiger partial charge in [-0.1, -0.05) is 29.8 Å². The summed E-state index contributed by atoms with van der Waals surface area (Å²) in [6, 6.07) is 8.21. The molecule has 3 nitrogen and oxygen atoms in total. The fourth-order valence-electron chi connectivity index (χ4n) is 2.79. The second kappa shape index (κ2) is 6.08. The third-order valence-corrected chi connectivity index (χ3v) is 4.45. The molecule has 1 aromatic carbocycles. The van der Waals surface area contributed by atoms with Crippen molar-refractivity contribution in [1.29, 1.82) is 0 Å². The zero-order valence-corrected chi connectivity index (χ0v) is 12.6. The van der Waals surface area contributed by atoms with E-state index >= 15 is 0 Å². The zero-order chi connectivity index (χ0) is 13.9. The Hall–Kier alpha value is -1.16. The molecule has 0 saturated carbocycles. The molecule has 1 N–H and O–H groups in total. The summed E-state index contributed by atoms with van der Waals surface area (Å²) in [6.07, 6.45) is 1.18. The first-order valence-corrected chi connectivity index (χ1v) is 7.60. The van der Waals surface area contributed by atoms with E-state index in [1.165, 1.54) is 6.42 Å². The molecule has 0 spiro atoms. The Labute approximate surface area is 124 Å². The van der Waals surface area contributed by atoms with Crippen molar-refractivity contribution < 1.29 is 0 Å². The standard InChI is InChI=1S/C16H20ClN3/c1-12-13-5-2-3-6-14(13)19-15(16(12)17)11-20-9-4-7-18-8-10-20/h2-3,5-6,18H,4,7-11H2,1H3. The summed E-state index contributed by atoms with van der Waals surface area (Å²) in [7, 11) is 0. The number of aryl methyl sites for hydroxylation is 1. The lowest BCUT2D eigenvalue weighted by molar-refractivity contribution is 0.281. The molecular formula is C16H20ClN3. The topological polar surface area (TPSA) is 28.2 Å². The van der Waals surface area contributed by atoms with Crippen molar-refractivity contribution in [2.75, 3.05) is 26.2 Å². The van der Waals surface area contributed by atoms with Gasteiger partial charge in [-0.15, -0.1) is 0 Å². The normalized spacial score (nSPS) is 17.3. The second-order valence-corrected chi connectivity index (χ2v) is 5.77. The van der Waals surface area contributed by atoms with E-state index in [1.54, 1.807) is 0 Å². The van der Waals surface area contributed by atoms with Crippen LogP contribution in [0.1, 0.15) is 17.7 Å². The Balaban J connectivity index is 1.92. The molecule has 0 radical (unpaired) electrons. The summed E-state index contributed by atoms with van der Waals surface area (Å²) < 4.78 is 0. The number of aromatic nitrogens is 1. The Morgan fingerprint density at radius 2 is 2.10 bits per heavy atom. The number of halogens is 1. The SMILES string of the molecule is Cc1c(Cl)c(CN2CCCNCC2)nc2ccccc12. The van der Waals surface area contributed by atoms with Crippen LogP contribution in [0.3, 0.4) is 0 Å². The van der Waals surface area contributed by atoms with Gasteiger partial charge in [0.1, 0.15) is 0 Å². The third kappa shape index (κ3) is 2.80. The van der Waals surface area contributed by atoms with Crippen LogP contribution in [-0.2, 0) is 6.54 Å². The smallest absolute Gasteiger partial charge is 0.0740 e. The molecule has 3 rings (SSSR count). The Bertz CT molecular complexity index is 604. The molecular weight excluding hydrogens is 270 g/mol. The number of para-hydroxylation sites is 1. The van der Waals surface area contributed by atoms with Crippen molar-refractivity contribution in [2.24, 2.45) is 0 Å². The predicted octanol–water partition coefficient (Wildman–Crippen LogP) is 2.99. The van der Waals surface area contributed by atoms with Gasteiger partial charge in [0.15, 0.2) is 0 Å². The first-order valence-electron chi connectivity index (χ1n) is 7.22. The third-order valence-electron chi connectivity index (χ3n) is 3.95. The molecule has 2 heterocycles. The van der Waals surface area contributed by atoms with E-state index in [0.717, 1.165) is 59.9 Å². The van der Waals surface area contributed by atoms with Crippen molar-refractivity contribution in [3.8, 4) is 0 Å². The van der Waals surface area contributed by atoms with Gasteiger partial charge in [0, 0.05) is 25.0 Å². The molecule has 1 aromatic heterocycles. The number of pyridine rings is 1. The first-order chi connectivity index (χ1) is 9.75. The average Bonchev–Trinajstić information content (AvgIpc) is 2.73. The number of rotatable bonds is 2. The van der Waals surface area contributed by atoms with Gasteiger partial charge in [-0.2, -0.15) is 0 Å². The molecule has 1 saturated heterocycles. The van der Waals surface area contributed by atoms with Crippen LogP contribution in [0, 0.1) is 6.92 Å². The van der Waals surface area contributed by atoms with Gasteiger partial charge >= 0.3 is 0 Å². The van der Waals surface area contributed by atoms with E-state index in [4.69, 9.17) is 16.6 Å². The maximum Gasteiger partial charge on any atom is 0.0740 e. The van der Waals surface area contributed by atoms with Crippen molar-refractivity contribution in [1.82, 2.24) is 15.2 Å². The molecule has 1 fully saturated rings. The molecule has 1 aliphatic heterocycles. The summed E-state index contributed by atoms with van der Waals surface area (Å²) in [6.45, 7) is 7.24. The highest BCUT2D eigenvalue weighted by atomic mass is 35.5. The first kappa shape index (κ1) is 13.8. The number of hydrogen-bond donors (Lipinski definition) is 1. The van der Waals surface area contributed by atoms with E-state index in [1.807, 2.05) is 12.1 Å². The molecule has 0 unspecified atom stereocenters. The highest BCUT2D eigenvalue weighted by Crippen LogP contribution is 2.27. The van der Waals surface area contributed by atoms with E-state index in [0.29, 0.717) is 0 Å². The van der Waals surface area contributed by atoms with E-state index < -0.39 is 0 Å². The summed E-state index contributed by atoms with van der Waals surface area (Å²) in [5, 5.41) is 5.40. The Morgan fingerprint density at radius 3 is 3.00 bits per heavy atom. The molecule has 0 amide bonds. The van der Waals surface area contributed by atoms with Crippen LogP contribution in [0.5, 0.6) is 0 Å². The number of benzene rings is 1. The number of hydrogen-bond acceptors (Lipinski definition) is 3. The van der Waals surface area contributed by atoms with Gasteiger partial charge < -0.3 is 5.32 Å². The van der Waals surface area contributed by atoms with Crippen molar-refractivity contribution in [3.63, 3.8) is 0 Å². The molecule has 0 atom stereocenters. The van der Waals surface area contributed by atoms with E-state index in [-0.39, 0.29) is 0 Å². The van der Waals surface area contributed by atoms with Gasteiger partial charge in [-0.05, 0) is 38.1 Å². The number of nitrogens with zero attached hydrogens (tertiary/aromatic N) is 2. The van der Waals surface area contributed by atoms with Gasteiger partial charge in [0.05, 0.1) is 16.2 Å². The monoisotopic (exact) mass is 289 g/mol. The van der Waals surface area contributed by atoms with Gasteiger partial charge in [0.2, 0.25) is 0 Å². The number of fused-ring (bicyclic) bond motifs is 1. The van der Waals surface area contributed by atoms with E-state index in [9.17, 15) is 0 Å². The fraction of sp³-hybridized carbons (Fsp3) is 0.438. The number of nitrogens with one attached hydrogen (secondary N) is 1. The largest absolute Gasteiger partial charge is 0.315 e. The highest BCUT2D eigenvalue weighted by Gasteiger charge is 2.15. The highest BCUT2D eigenvalue weighted by molar-refractivity contribution is 6.32. The minimum absolute atomic E-state index is 0.820. The van der Waals surface area contributed by atoms with Crippen LogP contribution in [0.2, 0.25) is 5.02 Å². The minimum atomic E-state index is 0.820. The fourth-order valence-corrected chi connectivity index (χ4v) is 3.00. The molecule has 0 aliphatic carbocycles. The van der Waals surface area contributed by atoms with Crippen molar-refractivity contribution >= 4 is 22.5 Å². The van der Waals surface area contributed by atoms with Crippen LogP contribution in [0.15, 0.2) is 24.3 Å². The quantitative estimate of drug-likeness (QED) is 0.921. The van der Waals surface area contributed by atoms with Gasteiger partial charge in [-0.3, -0.25) is 4.90 Å². The Morgan fingerprint density at radius 1 is 1.25 bits per heavy atom. The molecule has 4 heteroatoms. The maximum atomic E-state index is 6.53. The maximum absolute atomic E-state index is 6.53.